The van der Waals surface area contributed by atoms with Crippen LogP contribution in [0.1, 0.15) is 39.2 Å². The van der Waals surface area contributed by atoms with Gasteiger partial charge < -0.3 is 26.0 Å². The van der Waals surface area contributed by atoms with Crippen LogP contribution in [0.15, 0.2) is 30.3 Å². The maximum atomic E-state index is 13.2. The van der Waals surface area contributed by atoms with Crippen molar-refractivity contribution < 1.29 is 19.5 Å². The number of carbonyl (C=O) groups excluding carboxylic acids is 3. The van der Waals surface area contributed by atoms with E-state index in [0.29, 0.717) is 25.9 Å². The van der Waals surface area contributed by atoms with E-state index < -0.39 is 18.2 Å². The molecule has 1 saturated heterocycles. The number of aliphatic hydroxyl groups is 1. The molecule has 30 heavy (non-hydrogen) atoms. The van der Waals surface area contributed by atoms with Crippen LogP contribution in [0.2, 0.25) is 0 Å². The van der Waals surface area contributed by atoms with Crippen molar-refractivity contribution in [3.63, 3.8) is 0 Å². The number of hydrogen-bond acceptors (Lipinski definition) is 4. The van der Waals surface area contributed by atoms with Gasteiger partial charge in [-0.05, 0) is 24.3 Å². The van der Waals surface area contributed by atoms with Crippen molar-refractivity contribution in [1.82, 2.24) is 20.9 Å². The third kappa shape index (κ3) is 6.73. The number of urea groups is 1. The van der Waals surface area contributed by atoms with Crippen LogP contribution in [0, 0.1) is 5.92 Å². The molecule has 4 N–H and O–H groups in total. The summed E-state index contributed by atoms with van der Waals surface area (Å²) in [6, 6.07) is 8.06. The molecule has 2 rings (SSSR count). The second kappa shape index (κ2) is 11.5. The van der Waals surface area contributed by atoms with Crippen LogP contribution >= 0.6 is 0 Å². The first-order valence-corrected chi connectivity index (χ1v) is 10.7. The summed E-state index contributed by atoms with van der Waals surface area (Å²) in [6.07, 6.45) is 0.545. The topological polar surface area (TPSA) is 111 Å². The van der Waals surface area contributed by atoms with Gasteiger partial charge in [0.05, 0.1) is 12.1 Å². The molecular weight excluding hydrogens is 384 g/mol. The zero-order valence-electron chi connectivity index (χ0n) is 18.1. The first-order valence-electron chi connectivity index (χ1n) is 10.7. The average molecular weight is 419 g/mol. The van der Waals surface area contributed by atoms with E-state index in [1.807, 2.05) is 44.2 Å². The summed E-state index contributed by atoms with van der Waals surface area (Å²) in [5.74, 6) is -0.559. The molecule has 1 heterocycles. The zero-order chi connectivity index (χ0) is 22.1. The van der Waals surface area contributed by atoms with Gasteiger partial charge in [0, 0.05) is 26.1 Å². The smallest absolute Gasteiger partial charge is 0.318 e. The molecule has 3 atom stereocenters. The number of carbonyl (C=O) groups is 3. The molecule has 0 aromatic heterocycles. The van der Waals surface area contributed by atoms with Gasteiger partial charge in [0.15, 0.2) is 0 Å². The van der Waals surface area contributed by atoms with Crippen LogP contribution in [-0.4, -0.2) is 65.7 Å². The highest BCUT2D eigenvalue weighted by Crippen LogP contribution is 2.16. The SMILES string of the molecule is CCC(=O)NC[C@H](O)[C@H](Cc1ccccc1)NC(=O)[C@H](C(C)C)N1CCCNC1=O. The molecule has 0 aliphatic carbocycles. The van der Waals surface area contributed by atoms with Gasteiger partial charge in [-0.2, -0.15) is 0 Å². The Bertz CT molecular complexity index is 710. The molecule has 4 amide bonds. The molecule has 0 spiro atoms. The van der Waals surface area contributed by atoms with Crippen LogP contribution in [0.5, 0.6) is 0 Å². The van der Waals surface area contributed by atoms with Crippen molar-refractivity contribution in [3.8, 4) is 0 Å². The summed E-state index contributed by atoms with van der Waals surface area (Å²) in [7, 11) is 0. The lowest BCUT2D eigenvalue weighted by molar-refractivity contribution is -0.128. The molecule has 8 nitrogen and oxygen atoms in total. The molecule has 0 unspecified atom stereocenters. The molecule has 1 aromatic rings. The number of rotatable bonds is 10. The maximum Gasteiger partial charge on any atom is 0.318 e. The van der Waals surface area contributed by atoms with Crippen LogP contribution in [0.4, 0.5) is 4.79 Å². The summed E-state index contributed by atoms with van der Waals surface area (Å²) in [6.45, 7) is 6.70. The van der Waals surface area contributed by atoms with E-state index in [9.17, 15) is 19.5 Å². The first kappa shape index (κ1) is 23.7. The predicted octanol–water partition coefficient (Wildman–Crippen LogP) is 1.04. The lowest BCUT2D eigenvalue weighted by Crippen LogP contribution is -2.60. The summed E-state index contributed by atoms with van der Waals surface area (Å²) in [5, 5.41) is 19.1. The van der Waals surface area contributed by atoms with Gasteiger partial charge in [-0.15, -0.1) is 0 Å². The average Bonchev–Trinajstić information content (AvgIpc) is 2.73. The minimum Gasteiger partial charge on any atom is -0.389 e. The fourth-order valence-corrected chi connectivity index (χ4v) is 3.62. The van der Waals surface area contributed by atoms with Gasteiger partial charge in [0.1, 0.15) is 6.04 Å². The van der Waals surface area contributed by atoms with Crippen LogP contribution in [0.25, 0.3) is 0 Å². The predicted molar refractivity (Wildman–Crippen MR) is 115 cm³/mol. The number of hydrogen-bond donors (Lipinski definition) is 4. The number of aliphatic hydroxyl groups excluding tert-OH is 1. The Morgan fingerprint density at radius 1 is 1.23 bits per heavy atom. The van der Waals surface area contributed by atoms with Gasteiger partial charge in [-0.1, -0.05) is 51.1 Å². The molecule has 0 saturated carbocycles. The van der Waals surface area contributed by atoms with Gasteiger partial charge >= 0.3 is 6.03 Å². The highest BCUT2D eigenvalue weighted by Gasteiger charge is 2.35. The van der Waals surface area contributed by atoms with E-state index in [0.717, 1.165) is 12.0 Å². The fraction of sp³-hybridized carbons (Fsp3) is 0.591. The Kier molecular flexibility index (Phi) is 9.11. The lowest BCUT2D eigenvalue weighted by atomic mass is 9.97. The number of nitrogens with one attached hydrogen (secondary N) is 3. The van der Waals surface area contributed by atoms with E-state index in [2.05, 4.69) is 16.0 Å². The standard InChI is InChI=1S/C22H34N4O4/c1-4-19(28)24-14-18(27)17(13-16-9-6-5-7-10-16)25-21(29)20(15(2)3)26-12-8-11-23-22(26)30/h5-7,9-10,15,17-18,20,27H,4,8,11-14H2,1-3H3,(H,23,30)(H,24,28)(H,25,29)/t17-,18-,20-/m0/s1. The van der Waals surface area contributed by atoms with Gasteiger partial charge in [-0.3, -0.25) is 9.59 Å². The first-order chi connectivity index (χ1) is 14.3. The number of nitrogens with zero attached hydrogens (tertiary/aromatic N) is 1. The van der Waals surface area contributed by atoms with Crippen LogP contribution < -0.4 is 16.0 Å². The summed E-state index contributed by atoms with van der Waals surface area (Å²) < 4.78 is 0. The third-order valence-corrected chi connectivity index (χ3v) is 5.27. The second-order valence-electron chi connectivity index (χ2n) is 8.00. The molecule has 1 aromatic carbocycles. The Morgan fingerprint density at radius 3 is 2.53 bits per heavy atom. The van der Waals surface area contributed by atoms with Crippen molar-refractivity contribution in [1.29, 1.82) is 0 Å². The Morgan fingerprint density at radius 2 is 1.93 bits per heavy atom. The zero-order valence-corrected chi connectivity index (χ0v) is 18.1. The van der Waals surface area contributed by atoms with Gasteiger partial charge in [0.25, 0.3) is 0 Å². The molecule has 166 valence electrons. The quantitative estimate of drug-likeness (QED) is 0.455. The highest BCUT2D eigenvalue weighted by molar-refractivity contribution is 5.88. The van der Waals surface area contributed by atoms with Crippen molar-refractivity contribution in [2.45, 2.75) is 58.2 Å². The molecule has 8 heteroatoms. The van der Waals surface area contributed by atoms with Crippen molar-refractivity contribution in [3.05, 3.63) is 35.9 Å². The number of amides is 4. The minimum absolute atomic E-state index is 0.0427. The Labute approximate surface area is 178 Å². The molecule has 1 fully saturated rings. The van der Waals surface area contributed by atoms with E-state index in [1.54, 1.807) is 11.8 Å². The van der Waals surface area contributed by atoms with Crippen molar-refractivity contribution in [2.24, 2.45) is 5.92 Å². The normalized spacial score (nSPS) is 17.1. The second-order valence-corrected chi connectivity index (χ2v) is 8.00. The monoisotopic (exact) mass is 418 g/mol. The van der Waals surface area contributed by atoms with Crippen molar-refractivity contribution >= 4 is 17.8 Å². The fourth-order valence-electron chi connectivity index (χ4n) is 3.62. The maximum absolute atomic E-state index is 13.2. The highest BCUT2D eigenvalue weighted by atomic mass is 16.3. The van der Waals surface area contributed by atoms with Gasteiger partial charge in [0.2, 0.25) is 11.8 Å². The van der Waals surface area contributed by atoms with Crippen molar-refractivity contribution in [2.75, 3.05) is 19.6 Å². The summed E-state index contributed by atoms with van der Waals surface area (Å²) in [4.78, 5) is 38.7. The Hall–Kier alpha value is -2.61. The van der Waals surface area contributed by atoms with E-state index in [4.69, 9.17) is 0 Å². The van der Waals surface area contributed by atoms with E-state index in [1.165, 1.54) is 0 Å². The van der Waals surface area contributed by atoms with Crippen LogP contribution in [0.3, 0.4) is 0 Å². The number of benzene rings is 1. The largest absolute Gasteiger partial charge is 0.389 e. The minimum atomic E-state index is -0.965. The van der Waals surface area contributed by atoms with E-state index >= 15 is 0 Å². The molecular formula is C22H34N4O4. The van der Waals surface area contributed by atoms with Crippen LogP contribution in [-0.2, 0) is 16.0 Å². The van der Waals surface area contributed by atoms with E-state index in [-0.39, 0.29) is 30.3 Å². The molecule has 0 bridgehead atoms. The molecule has 1 aliphatic rings. The summed E-state index contributed by atoms with van der Waals surface area (Å²) in [5.41, 5.74) is 0.959. The summed E-state index contributed by atoms with van der Waals surface area (Å²) >= 11 is 0. The Balaban J connectivity index is 2.15. The van der Waals surface area contributed by atoms with Gasteiger partial charge in [-0.25, -0.2) is 4.79 Å². The third-order valence-electron chi connectivity index (χ3n) is 5.27. The molecule has 0 radical (unpaired) electrons. The molecule has 1 aliphatic heterocycles. The lowest BCUT2D eigenvalue weighted by Gasteiger charge is -2.37.